The molecule has 0 saturated carbocycles. The molecule has 1 N–H and O–H groups in total. The zero-order chi connectivity index (χ0) is 17.8. The lowest BCUT2D eigenvalue weighted by Gasteiger charge is -2.27. The molecule has 2 aromatic carbocycles. The van der Waals surface area contributed by atoms with Crippen LogP contribution in [0.3, 0.4) is 0 Å². The number of hydrogen-bond donors (Lipinski definition) is 1. The Balaban J connectivity index is 1.72. The number of carbonyl (C=O) groups is 2. The fraction of sp³-hybridized carbons (Fsp3) is 0.333. The van der Waals surface area contributed by atoms with Gasteiger partial charge in [-0.15, -0.1) is 0 Å². The summed E-state index contributed by atoms with van der Waals surface area (Å²) in [5, 5.41) is 2.88. The van der Waals surface area contributed by atoms with Crippen molar-refractivity contribution in [1.29, 1.82) is 0 Å². The van der Waals surface area contributed by atoms with Crippen LogP contribution in [0.4, 0.5) is 5.69 Å². The van der Waals surface area contributed by atoms with E-state index in [1.165, 1.54) is 0 Å². The lowest BCUT2D eigenvalue weighted by atomic mass is 9.99. The second-order valence-corrected chi connectivity index (χ2v) is 6.82. The average molecular weight is 336 g/mol. The second kappa shape index (κ2) is 7.51. The van der Waals surface area contributed by atoms with Gasteiger partial charge in [0.2, 0.25) is 11.8 Å². The maximum absolute atomic E-state index is 12.8. The van der Waals surface area contributed by atoms with Crippen LogP contribution < -0.4 is 5.32 Å². The number of anilines is 1. The molecule has 2 amide bonds. The van der Waals surface area contributed by atoms with Crippen molar-refractivity contribution >= 4 is 17.5 Å². The Morgan fingerprint density at radius 1 is 1.08 bits per heavy atom. The Bertz CT molecular complexity index is 769. The molecule has 0 bridgehead atoms. The van der Waals surface area contributed by atoms with Gasteiger partial charge >= 0.3 is 0 Å². The van der Waals surface area contributed by atoms with Gasteiger partial charge in [0.25, 0.3) is 0 Å². The Kier molecular flexibility index (Phi) is 5.17. The summed E-state index contributed by atoms with van der Waals surface area (Å²) in [6.45, 7) is 4.71. The van der Waals surface area contributed by atoms with E-state index in [9.17, 15) is 9.59 Å². The molecule has 0 saturated heterocycles. The first-order valence-corrected chi connectivity index (χ1v) is 8.78. The number of carbonyl (C=O) groups excluding carboxylic acids is 2. The smallest absolute Gasteiger partial charge is 0.227 e. The van der Waals surface area contributed by atoms with Crippen LogP contribution in [0, 0.1) is 0 Å². The summed E-state index contributed by atoms with van der Waals surface area (Å²) < 4.78 is 0. The molecular weight excluding hydrogens is 312 g/mol. The first kappa shape index (κ1) is 17.2. The van der Waals surface area contributed by atoms with Crippen LogP contribution in [0.1, 0.15) is 37.0 Å². The molecule has 1 aliphatic rings. The lowest BCUT2D eigenvalue weighted by molar-refractivity contribution is -0.132. The van der Waals surface area contributed by atoms with Gasteiger partial charge in [0.1, 0.15) is 0 Å². The van der Waals surface area contributed by atoms with E-state index in [1.807, 2.05) is 67.3 Å². The van der Waals surface area contributed by atoms with Crippen LogP contribution in [0.25, 0.3) is 0 Å². The zero-order valence-corrected chi connectivity index (χ0v) is 14.8. The minimum Gasteiger partial charge on any atom is -0.336 e. The fourth-order valence-corrected chi connectivity index (χ4v) is 3.16. The molecule has 0 aromatic heterocycles. The van der Waals surface area contributed by atoms with E-state index in [-0.39, 0.29) is 17.9 Å². The van der Waals surface area contributed by atoms with E-state index in [0.29, 0.717) is 19.4 Å². The van der Waals surface area contributed by atoms with E-state index in [4.69, 9.17) is 0 Å². The van der Waals surface area contributed by atoms with Crippen molar-refractivity contribution in [3.05, 3.63) is 65.2 Å². The topological polar surface area (TPSA) is 49.4 Å². The molecule has 25 heavy (non-hydrogen) atoms. The number of amides is 2. The van der Waals surface area contributed by atoms with Crippen molar-refractivity contribution in [2.75, 3.05) is 5.32 Å². The SMILES string of the molecule is CC(C)N(Cc1ccccc1)C(=O)Cc1ccc2c(c1)CCC(=O)N2. The predicted octanol–water partition coefficient (Wildman–Crippen LogP) is 3.55. The third kappa shape index (κ3) is 4.27. The fourth-order valence-electron chi connectivity index (χ4n) is 3.16. The van der Waals surface area contributed by atoms with Gasteiger partial charge in [-0.3, -0.25) is 9.59 Å². The Morgan fingerprint density at radius 3 is 2.56 bits per heavy atom. The number of rotatable bonds is 5. The number of nitrogens with zero attached hydrogens (tertiary/aromatic N) is 1. The summed E-state index contributed by atoms with van der Waals surface area (Å²) in [7, 11) is 0. The molecule has 0 spiro atoms. The highest BCUT2D eigenvalue weighted by Gasteiger charge is 2.19. The summed E-state index contributed by atoms with van der Waals surface area (Å²) >= 11 is 0. The number of aryl methyl sites for hydroxylation is 1. The van der Waals surface area contributed by atoms with Crippen molar-refractivity contribution < 1.29 is 9.59 Å². The van der Waals surface area contributed by atoms with Crippen LogP contribution in [0.15, 0.2) is 48.5 Å². The van der Waals surface area contributed by atoms with E-state index < -0.39 is 0 Å². The molecule has 4 heteroatoms. The summed E-state index contributed by atoms with van der Waals surface area (Å²) in [5.41, 5.74) is 4.12. The highest BCUT2D eigenvalue weighted by Crippen LogP contribution is 2.24. The molecule has 2 aromatic rings. The van der Waals surface area contributed by atoms with Gasteiger partial charge in [-0.1, -0.05) is 42.5 Å². The third-order valence-corrected chi connectivity index (χ3v) is 4.56. The predicted molar refractivity (Wildman–Crippen MR) is 99.2 cm³/mol. The molecule has 0 fully saturated rings. The molecule has 1 aliphatic heterocycles. The van der Waals surface area contributed by atoms with Gasteiger partial charge in [-0.2, -0.15) is 0 Å². The van der Waals surface area contributed by atoms with Crippen molar-refractivity contribution in [1.82, 2.24) is 4.90 Å². The first-order valence-electron chi connectivity index (χ1n) is 8.78. The molecular formula is C21H24N2O2. The number of hydrogen-bond acceptors (Lipinski definition) is 2. The molecule has 0 aliphatic carbocycles. The molecule has 4 nitrogen and oxygen atoms in total. The van der Waals surface area contributed by atoms with Gasteiger partial charge in [-0.05, 0) is 43.0 Å². The normalized spacial score (nSPS) is 13.3. The minimum absolute atomic E-state index is 0.0603. The van der Waals surface area contributed by atoms with E-state index in [1.54, 1.807) is 0 Å². The van der Waals surface area contributed by atoms with Gasteiger partial charge < -0.3 is 10.2 Å². The highest BCUT2D eigenvalue weighted by molar-refractivity contribution is 5.94. The standard InChI is InChI=1S/C21H24N2O2/c1-15(2)23(14-16-6-4-3-5-7-16)21(25)13-17-8-10-19-18(12-17)9-11-20(24)22-19/h3-8,10,12,15H,9,11,13-14H2,1-2H3,(H,22,24). The Hall–Kier alpha value is -2.62. The second-order valence-electron chi connectivity index (χ2n) is 6.82. The third-order valence-electron chi connectivity index (χ3n) is 4.56. The van der Waals surface area contributed by atoms with Crippen molar-refractivity contribution in [3.63, 3.8) is 0 Å². The highest BCUT2D eigenvalue weighted by atomic mass is 16.2. The van der Waals surface area contributed by atoms with Crippen molar-refractivity contribution in [3.8, 4) is 0 Å². The van der Waals surface area contributed by atoms with E-state index in [0.717, 1.165) is 28.8 Å². The van der Waals surface area contributed by atoms with Gasteiger partial charge in [0, 0.05) is 24.7 Å². The molecule has 130 valence electrons. The Morgan fingerprint density at radius 2 is 1.84 bits per heavy atom. The summed E-state index contributed by atoms with van der Waals surface area (Å²) in [6.07, 6.45) is 1.63. The summed E-state index contributed by atoms with van der Waals surface area (Å²) in [4.78, 5) is 26.2. The maximum Gasteiger partial charge on any atom is 0.227 e. The number of benzene rings is 2. The minimum atomic E-state index is 0.0603. The van der Waals surface area contributed by atoms with Crippen molar-refractivity contribution in [2.45, 2.75) is 45.7 Å². The zero-order valence-electron chi connectivity index (χ0n) is 14.8. The number of fused-ring (bicyclic) bond motifs is 1. The molecule has 3 rings (SSSR count). The monoisotopic (exact) mass is 336 g/mol. The van der Waals surface area contributed by atoms with Crippen LogP contribution in [0.5, 0.6) is 0 Å². The molecule has 0 atom stereocenters. The molecule has 1 heterocycles. The van der Waals surface area contributed by atoms with E-state index in [2.05, 4.69) is 5.32 Å². The van der Waals surface area contributed by atoms with Crippen LogP contribution in [-0.2, 0) is 29.0 Å². The van der Waals surface area contributed by atoms with Gasteiger partial charge in [-0.25, -0.2) is 0 Å². The first-order chi connectivity index (χ1) is 12.0. The quantitative estimate of drug-likeness (QED) is 0.908. The van der Waals surface area contributed by atoms with Crippen LogP contribution in [0.2, 0.25) is 0 Å². The van der Waals surface area contributed by atoms with Crippen LogP contribution in [-0.4, -0.2) is 22.8 Å². The average Bonchev–Trinajstić information content (AvgIpc) is 2.60. The van der Waals surface area contributed by atoms with Crippen molar-refractivity contribution in [2.24, 2.45) is 0 Å². The molecule has 0 radical (unpaired) electrons. The van der Waals surface area contributed by atoms with Crippen LogP contribution >= 0.6 is 0 Å². The summed E-state index contributed by atoms with van der Waals surface area (Å²) in [5.74, 6) is 0.184. The Labute approximate surface area is 148 Å². The lowest BCUT2D eigenvalue weighted by Crippen LogP contribution is -2.37. The number of nitrogens with one attached hydrogen (secondary N) is 1. The maximum atomic E-state index is 12.8. The summed E-state index contributed by atoms with van der Waals surface area (Å²) in [6, 6.07) is 16.1. The van der Waals surface area contributed by atoms with Gasteiger partial charge in [0.05, 0.1) is 6.42 Å². The largest absolute Gasteiger partial charge is 0.336 e. The van der Waals surface area contributed by atoms with Gasteiger partial charge in [0.15, 0.2) is 0 Å². The van der Waals surface area contributed by atoms with E-state index >= 15 is 0 Å². The molecule has 0 unspecified atom stereocenters.